The molecule has 22 heavy (non-hydrogen) atoms. The SMILES string of the molecule is CC1=C2CCC(C)C2CC([C@H](CC(C)C(C)C)C(=O)O)CC1. The Balaban J connectivity index is 2.14. The van der Waals surface area contributed by atoms with Gasteiger partial charge in [-0.2, -0.15) is 0 Å². The molecule has 0 radical (unpaired) electrons. The Hall–Kier alpha value is -0.790. The maximum absolute atomic E-state index is 11.9. The van der Waals surface area contributed by atoms with Crippen molar-refractivity contribution < 1.29 is 9.90 Å². The van der Waals surface area contributed by atoms with E-state index in [9.17, 15) is 9.90 Å². The second-order valence-electron chi connectivity index (χ2n) is 8.36. The van der Waals surface area contributed by atoms with E-state index in [1.54, 1.807) is 11.1 Å². The molecule has 0 aromatic rings. The van der Waals surface area contributed by atoms with Gasteiger partial charge in [-0.1, -0.05) is 38.8 Å². The van der Waals surface area contributed by atoms with Crippen molar-refractivity contribution in [1.29, 1.82) is 0 Å². The molecule has 0 aromatic carbocycles. The van der Waals surface area contributed by atoms with Crippen LogP contribution in [0.1, 0.15) is 73.1 Å². The Kier molecular flexibility index (Phi) is 5.74. The summed E-state index contributed by atoms with van der Waals surface area (Å²) in [7, 11) is 0. The van der Waals surface area contributed by atoms with Crippen molar-refractivity contribution in [3.8, 4) is 0 Å². The molecule has 2 aliphatic rings. The molecule has 126 valence electrons. The van der Waals surface area contributed by atoms with Crippen molar-refractivity contribution >= 4 is 5.97 Å². The van der Waals surface area contributed by atoms with Gasteiger partial charge in [0.25, 0.3) is 0 Å². The van der Waals surface area contributed by atoms with Crippen molar-refractivity contribution in [2.24, 2.45) is 35.5 Å². The van der Waals surface area contributed by atoms with E-state index in [0.29, 0.717) is 23.7 Å². The number of aliphatic carboxylic acids is 1. The van der Waals surface area contributed by atoms with Crippen LogP contribution < -0.4 is 0 Å². The minimum Gasteiger partial charge on any atom is -0.481 e. The zero-order chi connectivity index (χ0) is 16.4. The number of carboxylic acid groups (broad SMARTS) is 1. The lowest BCUT2D eigenvalue weighted by molar-refractivity contribution is -0.145. The summed E-state index contributed by atoms with van der Waals surface area (Å²) in [5.41, 5.74) is 3.24. The minimum absolute atomic E-state index is 0.155. The predicted molar refractivity (Wildman–Crippen MR) is 91.7 cm³/mol. The first kappa shape index (κ1) is 17.6. The van der Waals surface area contributed by atoms with Crippen LogP contribution in [0, 0.1) is 35.5 Å². The first-order chi connectivity index (χ1) is 10.3. The quantitative estimate of drug-likeness (QED) is 0.678. The highest BCUT2D eigenvalue weighted by Gasteiger charge is 2.38. The maximum atomic E-state index is 11.9. The van der Waals surface area contributed by atoms with Gasteiger partial charge in [0.05, 0.1) is 5.92 Å². The summed E-state index contributed by atoms with van der Waals surface area (Å²) in [4.78, 5) is 11.9. The number of fused-ring (bicyclic) bond motifs is 1. The molecule has 2 rings (SSSR count). The fraction of sp³-hybridized carbons (Fsp3) is 0.850. The molecule has 0 bridgehead atoms. The normalized spacial score (nSPS) is 31.8. The molecule has 1 fully saturated rings. The number of allylic oxidation sites excluding steroid dienone is 2. The summed E-state index contributed by atoms with van der Waals surface area (Å²) in [6, 6.07) is 0. The minimum atomic E-state index is -0.566. The van der Waals surface area contributed by atoms with Crippen LogP contribution in [0.25, 0.3) is 0 Å². The van der Waals surface area contributed by atoms with E-state index in [2.05, 4.69) is 34.6 Å². The average molecular weight is 306 g/mol. The first-order valence-corrected chi connectivity index (χ1v) is 9.22. The third kappa shape index (κ3) is 3.75. The second kappa shape index (κ2) is 7.19. The van der Waals surface area contributed by atoms with Gasteiger partial charge in [-0.3, -0.25) is 4.79 Å². The fourth-order valence-electron chi connectivity index (χ4n) is 4.56. The van der Waals surface area contributed by atoms with Crippen LogP contribution in [0.3, 0.4) is 0 Å². The van der Waals surface area contributed by atoms with Crippen molar-refractivity contribution in [2.75, 3.05) is 0 Å². The zero-order valence-electron chi connectivity index (χ0n) is 15.1. The summed E-state index contributed by atoms with van der Waals surface area (Å²) >= 11 is 0. The van der Waals surface area contributed by atoms with Gasteiger partial charge in [0, 0.05) is 0 Å². The molecule has 1 saturated carbocycles. The summed E-state index contributed by atoms with van der Waals surface area (Å²) in [5, 5.41) is 9.81. The molecule has 0 aromatic heterocycles. The lowest BCUT2D eigenvalue weighted by atomic mass is 9.75. The van der Waals surface area contributed by atoms with E-state index in [-0.39, 0.29) is 5.92 Å². The third-order valence-corrected chi connectivity index (χ3v) is 6.65. The van der Waals surface area contributed by atoms with Crippen LogP contribution in [-0.2, 0) is 4.79 Å². The molecule has 0 amide bonds. The lowest BCUT2D eigenvalue weighted by Gasteiger charge is -2.29. The summed E-state index contributed by atoms with van der Waals surface area (Å²) in [6.07, 6.45) is 6.68. The maximum Gasteiger partial charge on any atom is 0.306 e. The second-order valence-corrected chi connectivity index (χ2v) is 8.36. The molecular formula is C20H34O2. The van der Waals surface area contributed by atoms with Crippen LogP contribution in [0.15, 0.2) is 11.1 Å². The zero-order valence-corrected chi connectivity index (χ0v) is 15.1. The third-order valence-electron chi connectivity index (χ3n) is 6.65. The Morgan fingerprint density at radius 1 is 1.23 bits per heavy atom. The van der Waals surface area contributed by atoms with Crippen molar-refractivity contribution in [2.45, 2.75) is 73.1 Å². The van der Waals surface area contributed by atoms with Crippen LogP contribution in [0.4, 0.5) is 0 Å². The number of carboxylic acids is 1. The Bertz CT molecular complexity index is 435. The van der Waals surface area contributed by atoms with E-state index < -0.39 is 5.97 Å². The van der Waals surface area contributed by atoms with Gasteiger partial charge in [-0.15, -0.1) is 0 Å². The standard InChI is InChI=1S/C20H34O2/c1-12(2)15(5)10-19(20(21)22)16-8-6-13(3)17-9-7-14(4)18(17)11-16/h12,14-16,18-19H,6-11H2,1-5H3,(H,21,22)/t14?,15?,16?,18?,19-/m0/s1. The van der Waals surface area contributed by atoms with Crippen molar-refractivity contribution in [3.63, 3.8) is 0 Å². The van der Waals surface area contributed by atoms with Crippen molar-refractivity contribution in [3.05, 3.63) is 11.1 Å². The van der Waals surface area contributed by atoms with Crippen LogP contribution in [0.5, 0.6) is 0 Å². The summed E-state index contributed by atoms with van der Waals surface area (Å²) in [5.74, 6) is 2.08. The molecule has 0 heterocycles. The molecular weight excluding hydrogens is 272 g/mol. The van der Waals surface area contributed by atoms with E-state index in [1.807, 2.05) is 0 Å². The molecule has 5 atom stereocenters. The number of hydrogen-bond acceptors (Lipinski definition) is 1. The average Bonchev–Trinajstić information content (AvgIpc) is 2.72. The molecule has 2 heteroatoms. The largest absolute Gasteiger partial charge is 0.481 e. The highest BCUT2D eigenvalue weighted by molar-refractivity contribution is 5.70. The Labute approximate surface area is 136 Å². The van der Waals surface area contributed by atoms with E-state index in [0.717, 1.165) is 31.6 Å². The predicted octanol–water partition coefficient (Wildman–Crippen LogP) is 5.53. The van der Waals surface area contributed by atoms with Gasteiger partial charge in [0.1, 0.15) is 0 Å². The van der Waals surface area contributed by atoms with Crippen molar-refractivity contribution in [1.82, 2.24) is 0 Å². The smallest absolute Gasteiger partial charge is 0.306 e. The number of carbonyl (C=O) groups is 1. The molecule has 2 aliphatic carbocycles. The number of hydrogen-bond donors (Lipinski definition) is 1. The molecule has 0 aliphatic heterocycles. The van der Waals surface area contributed by atoms with Gasteiger partial charge in [0.15, 0.2) is 0 Å². The van der Waals surface area contributed by atoms with Crippen LogP contribution in [-0.4, -0.2) is 11.1 Å². The fourth-order valence-corrected chi connectivity index (χ4v) is 4.56. The highest BCUT2D eigenvalue weighted by Crippen LogP contribution is 2.47. The lowest BCUT2D eigenvalue weighted by Crippen LogP contribution is -2.28. The van der Waals surface area contributed by atoms with Gasteiger partial charge in [0.2, 0.25) is 0 Å². The number of rotatable bonds is 5. The summed E-state index contributed by atoms with van der Waals surface area (Å²) in [6.45, 7) is 11.3. The first-order valence-electron chi connectivity index (χ1n) is 9.22. The Morgan fingerprint density at radius 3 is 2.50 bits per heavy atom. The molecule has 0 spiro atoms. The monoisotopic (exact) mass is 306 g/mol. The van der Waals surface area contributed by atoms with Gasteiger partial charge in [-0.05, 0) is 75.0 Å². The topological polar surface area (TPSA) is 37.3 Å². The summed E-state index contributed by atoms with van der Waals surface area (Å²) < 4.78 is 0. The molecule has 1 N–H and O–H groups in total. The van der Waals surface area contributed by atoms with E-state index in [1.165, 1.54) is 12.8 Å². The van der Waals surface area contributed by atoms with Gasteiger partial charge in [-0.25, -0.2) is 0 Å². The molecule has 4 unspecified atom stereocenters. The van der Waals surface area contributed by atoms with E-state index in [4.69, 9.17) is 0 Å². The molecule has 0 saturated heterocycles. The van der Waals surface area contributed by atoms with Crippen LogP contribution in [0.2, 0.25) is 0 Å². The van der Waals surface area contributed by atoms with E-state index >= 15 is 0 Å². The molecule has 2 nitrogen and oxygen atoms in total. The van der Waals surface area contributed by atoms with Crippen LogP contribution >= 0.6 is 0 Å². The Morgan fingerprint density at radius 2 is 1.91 bits per heavy atom. The highest BCUT2D eigenvalue weighted by atomic mass is 16.4. The van der Waals surface area contributed by atoms with Gasteiger partial charge >= 0.3 is 5.97 Å². The van der Waals surface area contributed by atoms with Gasteiger partial charge < -0.3 is 5.11 Å².